The number of hydrogen-bond donors (Lipinski definition) is 2. The summed E-state index contributed by atoms with van der Waals surface area (Å²) in [5, 5.41) is 2.30. The Kier molecular flexibility index (Phi) is 5.19. The molecule has 3 nitrogen and oxygen atoms in total. The van der Waals surface area contributed by atoms with E-state index in [1.807, 2.05) is 36.4 Å². The van der Waals surface area contributed by atoms with Gasteiger partial charge in [-0.15, -0.1) is 0 Å². The highest BCUT2D eigenvalue weighted by Crippen LogP contribution is 2.31. The molecule has 0 aliphatic carbocycles. The van der Waals surface area contributed by atoms with E-state index in [1.54, 1.807) is 6.07 Å². The lowest BCUT2D eigenvalue weighted by molar-refractivity contribution is 0.302. The second kappa shape index (κ2) is 7.94. The standard InChI is InChI=1S/C25H23FN2O/c1-16-9-23(28)13-20-11-18(5-7-24(16)20)19-6-8-25(21(12-19)14-27)29-15-17-3-2-4-22(26)10-17/h2-13H,14-15,27-28H2,1H3. The van der Waals surface area contributed by atoms with Crippen molar-refractivity contribution in [3.8, 4) is 16.9 Å². The van der Waals surface area contributed by atoms with E-state index >= 15 is 0 Å². The summed E-state index contributed by atoms with van der Waals surface area (Å²) in [5.41, 5.74) is 17.7. The Morgan fingerprint density at radius 3 is 2.48 bits per heavy atom. The zero-order valence-electron chi connectivity index (χ0n) is 16.3. The van der Waals surface area contributed by atoms with Crippen molar-refractivity contribution < 1.29 is 9.13 Å². The predicted octanol–water partition coefficient (Wildman–Crippen LogP) is 5.57. The number of benzene rings is 4. The first-order valence-electron chi connectivity index (χ1n) is 9.54. The summed E-state index contributed by atoms with van der Waals surface area (Å²) in [5.74, 6) is 0.439. The Hall–Kier alpha value is -3.37. The van der Waals surface area contributed by atoms with Crippen LogP contribution in [0.15, 0.2) is 72.8 Å². The molecule has 0 aliphatic heterocycles. The molecule has 4 N–H and O–H groups in total. The number of hydrogen-bond acceptors (Lipinski definition) is 3. The van der Waals surface area contributed by atoms with Crippen LogP contribution < -0.4 is 16.2 Å². The molecular weight excluding hydrogens is 363 g/mol. The normalized spacial score (nSPS) is 11.0. The first-order chi connectivity index (χ1) is 14.0. The zero-order chi connectivity index (χ0) is 20.4. The minimum Gasteiger partial charge on any atom is -0.489 e. The molecule has 0 aromatic heterocycles. The van der Waals surface area contributed by atoms with Crippen molar-refractivity contribution in [3.05, 3.63) is 95.3 Å². The van der Waals surface area contributed by atoms with Gasteiger partial charge in [-0.05, 0) is 82.4 Å². The molecule has 0 fully saturated rings. The molecule has 4 rings (SSSR count). The maximum atomic E-state index is 13.4. The lowest BCUT2D eigenvalue weighted by atomic mass is 9.97. The van der Waals surface area contributed by atoms with Crippen LogP contribution in [0.4, 0.5) is 10.1 Å². The first kappa shape index (κ1) is 19.0. The van der Waals surface area contributed by atoms with Crippen molar-refractivity contribution in [2.45, 2.75) is 20.1 Å². The van der Waals surface area contributed by atoms with Crippen LogP contribution in [0, 0.1) is 12.7 Å². The first-order valence-corrected chi connectivity index (χ1v) is 9.54. The van der Waals surface area contributed by atoms with Gasteiger partial charge in [-0.1, -0.05) is 30.3 Å². The average molecular weight is 386 g/mol. The maximum Gasteiger partial charge on any atom is 0.124 e. The molecule has 4 aromatic rings. The maximum absolute atomic E-state index is 13.4. The van der Waals surface area contributed by atoms with Crippen LogP contribution in [0.3, 0.4) is 0 Å². The van der Waals surface area contributed by atoms with Crippen LogP contribution in [0.2, 0.25) is 0 Å². The summed E-state index contributed by atoms with van der Waals surface area (Å²) >= 11 is 0. The number of aryl methyl sites for hydroxylation is 1. The molecule has 0 radical (unpaired) electrons. The van der Waals surface area contributed by atoms with Crippen molar-refractivity contribution in [2.75, 3.05) is 5.73 Å². The summed E-state index contributed by atoms with van der Waals surface area (Å²) in [4.78, 5) is 0. The number of rotatable bonds is 5. The molecule has 0 amide bonds. The Labute approximate surface area is 169 Å². The molecule has 0 saturated heterocycles. The Morgan fingerprint density at radius 2 is 1.69 bits per heavy atom. The lowest BCUT2D eigenvalue weighted by Crippen LogP contribution is -2.03. The average Bonchev–Trinajstić information content (AvgIpc) is 2.71. The molecule has 4 aromatic carbocycles. The van der Waals surface area contributed by atoms with E-state index in [4.69, 9.17) is 16.2 Å². The fraction of sp³-hybridized carbons (Fsp3) is 0.120. The second-order valence-electron chi connectivity index (χ2n) is 7.22. The number of fused-ring (bicyclic) bond motifs is 1. The van der Waals surface area contributed by atoms with E-state index in [2.05, 4.69) is 25.1 Å². The van der Waals surface area contributed by atoms with Gasteiger partial charge < -0.3 is 16.2 Å². The number of halogens is 1. The highest BCUT2D eigenvalue weighted by molar-refractivity contribution is 5.92. The van der Waals surface area contributed by atoms with Gasteiger partial charge in [-0.2, -0.15) is 0 Å². The number of nitrogen functional groups attached to an aromatic ring is 1. The number of anilines is 1. The van der Waals surface area contributed by atoms with Crippen LogP contribution in [-0.4, -0.2) is 0 Å². The van der Waals surface area contributed by atoms with E-state index in [9.17, 15) is 4.39 Å². The molecule has 0 saturated carbocycles. The molecule has 0 bridgehead atoms. The quantitative estimate of drug-likeness (QED) is 0.441. The van der Waals surface area contributed by atoms with Gasteiger partial charge in [0.05, 0.1) is 0 Å². The van der Waals surface area contributed by atoms with Crippen molar-refractivity contribution in [1.29, 1.82) is 0 Å². The minimum atomic E-state index is -0.271. The number of nitrogens with two attached hydrogens (primary N) is 2. The summed E-state index contributed by atoms with van der Waals surface area (Å²) in [6.07, 6.45) is 0. The summed E-state index contributed by atoms with van der Waals surface area (Å²) in [7, 11) is 0. The topological polar surface area (TPSA) is 61.3 Å². The van der Waals surface area contributed by atoms with Gasteiger partial charge in [0, 0.05) is 17.8 Å². The van der Waals surface area contributed by atoms with E-state index < -0.39 is 0 Å². The van der Waals surface area contributed by atoms with E-state index in [1.165, 1.54) is 17.5 Å². The SMILES string of the molecule is Cc1cc(N)cc2cc(-c3ccc(OCc4cccc(F)c4)c(CN)c3)ccc12. The monoisotopic (exact) mass is 386 g/mol. The highest BCUT2D eigenvalue weighted by atomic mass is 19.1. The molecule has 29 heavy (non-hydrogen) atoms. The molecule has 146 valence electrons. The van der Waals surface area contributed by atoms with Gasteiger partial charge in [0.25, 0.3) is 0 Å². The van der Waals surface area contributed by atoms with Crippen LogP contribution >= 0.6 is 0 Å². The van der Waals surface area contributed by atoms with E-state index in [-0.39, 0.29) is 5.82 Å². The minimum absolute atomic E-state index is 0.271. The number of ether oxygens (including phenoxy) is 1. The van der Waals surface area contributed by atoms with Crippen LogP contribution in [0.25, 0.3) is 21.9 Å². The zero-order valence-corrected chi connectivity index (χ0v) is 16.3. The molecule has 0 atom stereocenters. The van der Waals surface area contributed by atoms with Crippen molar-refractivity contribution in [1.82, 2.24) is 0 Å². The van der Waals surface area contributed by atoms with Gasteiger partial charge in [0.2, 0.25) is 0 Å². The highest BCUT2D eigenvalue weighted by Gasteiger charge is 2.08. The Morgan fingerprint density at radius 1 is 0.897 bits per heavy atom. The van der Waals surface area contributed by atoms with Gasteiger partial charge in [0.15, 0.2) is 0 Å². The van der Waals surface area contributed by atoms with Crippen molar-refractivity contribution >= 4 is 16.5 Å². The van der Waals surface area contributed by atoms with Gasteiger partial charge in [-0.3, -0.25) is 0 Å². The summed E-state index contributed by atoms with van der Waals surface area (Å²) in [6.45, 7) is 2.71. The second-order valence-corrected chi connectivity index (χ2v) is 7.22. The molecule has 4 heteroatoms. The fourth-order valence-corrected chi connectivity index (χ4v) is 3.62. The molecule has 0 spiro atoms. The summed E-state index contributed by atoms with van der Waals surface area (Å²) < 4.78 is 19.3. The van der Waals surface area contributed by atoms with E-state index in [0.29, 0.717) is 18.9 Å². The fourth-order valence-electron chi connectivity index (χ4n) is 3.62. The predicted molar refractivity (Wildman–Crippen MR) is 117 cm³/mol. The van der Waals surface area contributed by atoms with Gasteiger partial charge in [-0.25, -0.2) is 4.39 Å². The Balaban J connectivity index is 1.63. The molecule has 0 unspecified atom stereocenters. The van der Waals surface area contributed by atoms with Gasteiger partial charge in [0.1, 0.15) is 18.2 Å². The van der Waals surface area contributed by atoms with Crippen molar-refractivity contribution in [2.24, 2.45) is 5.73 Å². The Bertz CT molecular complexity index is 1190. The molecule has 0 heterocycles. The van der Waals surface area contributed by atoms with Crippen LogP contribution in [0.1, 0.15) is 16.7 Å². The molecular formula is C25H23FN2O. The largest absolute Gasteiger partial charge is 0.489 e. The van der Waals surface area contributed by atoms with Crippen molar-refractivity contribution in [3.63, 3.8) is 0 Å². The molecule has 0 aliphatic rings. The third-order valence-electron chi connectivity index (χ3n) is 5.08. The van der Waals surface area contributed by atoms with E-state index in [0.717, 1.165) is 38.9 Å². The third kappa shape index (κ3) is 4.08. The smallest absolute Gasteiger partial charge is 0.124 e. The van der Waals surface area contributed by atoms with Crippen LogP contribution in [0.5, 0.6) is 5.75 Å². The third-order valence-corrected chi connectivity index (χ3v) is 5.08. The summed E-state index contributed by atoms with van der Waals surface area (Å²) in [6, 6.07) is 22.7. The lowest BCUT2D eigenvalue weighted by Gasteiger charge is -2.13. The van der Waals surface area contributed by atoms with Crippen LogP contribution in [-0.2, 0) is 13.2 Å². The van der Waals surface area contributed by atoms with Gasteiger partial charge >= 0.3 is 0 Å².